The van der Waals surface area contributed by atoms with Gasteiger partial charge in [-0.05, 0) is 42.5 Å². The lowest BCUT2D eigenvalue weighted by atomic mass is 10.0. The number of hydrogen-bond acceptors (Lipinski definition) is 3. The highest BCUT2D eigenvalue weighted by Crippen LogP contribution is 2.41. The van der Waals surface area contributed by atoms with Crippen LogP contribution in [0.25, 0.3) is 5.57 Å². The van der Waals surface area contributed by atoms with E-state index in [9.17, 15) is 4.79 Å². The maximum absolute atomic E-state index is 12.5. The molecule has 1 amide bonds. The molecule has 1 saturated heterocycles. The van der Waals surface area contributed by atoms with Crippen LogP contribution in [0.1, 0.15) is 29.7 Å². The topological polar surface area (TPSA) is 29.5 Å². The lowest BCUT2D eigenvalue weighted by Gasteiger charge is -2.33. The zero-order valence-corrected chi connectivity index (χ0v) is 14.7. The van der Waals surface area contributed by atoms with Crippen molar-refractivity contribution in [1.29, 1.82) is 0 Å². The zero-order valence-electron chi connectivity index (χ0n) is 13.2. The van der Waals surface area contributed by atoms with Crippen molar-refractivity contribution in [3.8, 4) is 0 Å². The van der Waals surface area contributed by atoms with E-state index in [0.717, 1.165) is 29.2 Å². The molecule has 0 N–H and O–H groups in total. The summed E-state index contributed by atoms with van der Waals surface area (Å²) in [6.07, 6.45) is 4.94. The average Bonchev–Trinajstić information content (AvgIpc) is 3.15. The van der Waals surface area contributed by atoms with Crippen LogP contribution in [-0.2, 0) is 11.3 Å². The van der Waals surface area contributed by atoms with Crippen LogP contribution in [0.5, 0.6) is 0 Å². The normalized spacial score (nSPS) is 22.4. The molecule has 0 spiro atoms. The average molecular weight is 360 g/mol. The Morgan fingerprint density at radius 3 is 2.75 bits per heavy atom. The lowest BCUT2D eigenvalue weighted by Crippen LogP contribution is -2.43. The van der Waals surface area contributed by atoms with Gasteiger partial charge in [0.1, 0.15) is 6.61 Å². The molecule has 2 aromatic rings. The fourth-order valence-corrected chi connectivity index (χ4v) is 4.66. The summed E-state index contributed by atoms with van der Waals surface area (Å²) >= 11 is 7.66. The minimum atomic E-state index is -0.203. The molecule has 5 heteroatoms. The van der Waals surface area contributed by atoms with Crippen molar-refractivity contribution in [2.75, 3.05) is 0 Å². The molecule has 1 aromatic carbocycles. The number of ether oxygens (including phenoxy) is 1. The molecule has 2 aliphatic heterocycles. The van der Waals surface area contributed by atoms with Crippen molar-refractivity contribution in [1.82, 2.24) is 4.90 Å². The van der Waals surface area contributed by atoms with E-state index >= 15 is 0 Å². The molecular formula is C19H18ClNO2S. The first-order valence-electron chi connectivity index (χ1n) is 8.16. The first-order valence-corrected chi connectivity index (χ1v) is 9.35. The summed E-state index contributed by atoms with van der Waals surface area (Å²) in [6, 6.07) is 14.2. The lowest BCUT2D eigenvalue weighted by molar-refractivity contribution is 0.0832. The number of thiophene rings is 1. The van der Waals surface area contributed by atoms with E-state index in [1.807, 2.05) is 41.3 Å². The summed E-state index contributed by atoms with van der Waals surface area (Å²) < 4.78 is 6.34. The minimum absolute atomic E-state index is 0.142. The number of halogens is 1. The van der Waals surface area contributed by atoms with Gasteiger partial charge in [-0.2, -0.15) is 0 Å². The van der Waals surface area contributed by atoms with Gasteiger partial charge in [-0.15, -0.1) is 11.3 Å². The molecule has 1 fully saturated rings. The van der Waals surface area contributed by atoms with Crippen LogP contribution in [-0.4, -0.2) is 23.1 Å². The predicted octanol–water partition coefficient (Wildman–Crippen LogP) is 5.36. The molecule has 3 nitrogen and oxygen atoms in total. The molecule has 3 heterocycles. The van der Waals surface area contributed by atoms with Gasteiger partial charge in [-0.1, -0.05) is 48.0 Å². The Balaban J connectivity index is 1.45. The standard InChI is InChI=1S/C19H18ClNO2S/c20-18-9-8-17(24-18)14-10-15-6-7-16(11-14)21(15)19(22)23-12-13-4-2-1-3-5-13/h1-5,8-10,15-16H,6-7,11-12H2. The highest BCUT2D eigenvalue weighted by Gasteiger charge is 2.40. The van der Waals surface area contributed by atoms with Crippen LogP contribution in [0.15, 0.2) is 48.5 Å². The monoisotopic (exact) mass is 359 g/mol. The Labute approximate surface area is 150 Å². The van der Waals surface area contributed by atoms with Gasteiger partial charge in [0.25, 0.3) is 0 Å². The third-order valence-corrected chi connectivity index (χ3v) is 6.01. The summed E-state index contributed by atoms with van der Waals surface area (Å²) in [4.78, 5) is 15.7. The Morgan fingerprint density at radius 2 is 2.04 bits per heavy atom. The Bertz CT molecular complexity index is 771. The van der Waals surface area contributed by atoms with Gasteiger partial charge in [-0.3, -0.25) is 4.90 Å². The van der Waals surface area contributed by atoms with Crippen LogP contribution in [0.3, 0.4) is 0 Å². The van der Waals surface area contributed by atoms with Gasteiger partial charge in [0.2, 0.25) is 0 Å². The third-order valence-electron chi connectivity index (χ3n) is 4.70. The Hall–Kier alpha value is -1.78. The first kappa shape index (κ1) is 15.7. The van der Waals surface area contributed by atoms with Gasteiger partial charge < -0.3 is 4.74 Å². The van der Waals surface area contributed by atoms with E-state index in [1.54, 1.807) is 11.3 Å². The second-order valence-electron chi connectivity index (χ2n) is 6.25. The number of benzene rings is 1. The van der Waals surface area contributed by atoms with Gasteiger partial charge in [-0.25, -0.2) is 4.79 Å². The zero-order chi connectivity index (χ0) is 16.5. The molecule has 24 heavy (non-hydrogen) atoms. The summed E-state index contributed by atoms with van der Waals surface area (Å²) in [7, 11) is 0. The summed E-state index contributed by atoms with van der Waals surface area (Å²) in [5.74, 6) is 0. The van der Waals surface area contributed by atoms with Gasteiger partial charge >= 0.3 is 6.09 Å². The van der Waals surface area contributed by atoms with E-state index in [2.05, 4.69) is 12.1 Å². The number of fused-ring (bicyclic) bond motifs is 2. The van der Waals surface area contributed by atoms with E-state index < -0.39 is 0 Å². The molecule has 2 atom stereocenters. The maximum Gasteiger partial charge on any atom is 0.410 e. The first-order chi connectivity index (χ1) is 11.7. The predicted molar refractivity (Wildman–Crippen MR) is 97.2 cm³/mol. The SMILES string of the molecule is O=C(OCc1ccccc1)N1C2C=C(c3ccc(Cl)s3)CC1CC2. The highest BCUT2D eigenvalue weighted by molar-refractivity contribution is 7.17. The second kappa shape index (κ2) is 6.61. The highest BCUT2D eigenvalue weighted by atomic mass is 35.5. The van der Waals surface area contributed by atoms with Crippen LogP contribution in [0.2, 0.25) is 4.34 Å². The van der Waals surface area contributed by atoms with Crippen molar-refractivity contribution >= 4 is 34.6 Å². The fourth-order valence-electron chi connectivity index (χ4n) is 3.58. The van der Waals surface area contributed by atoms with E-state index in [-0.39, 0.29) is 18.2 Å². The molecule has 4 rings (SSSR count). The number of carbonyl (C=O) groups is 1. The Kier molecular flexibility index (Phi) is 4.33. The molecule has 0 aliphatic carbocycles. The number of hydrogen-bond donors (Lipinski definition) is 0. The van der Waals surface area contributed by atoms with E-state index in [1.165, 1.54) is 10.5 Å². The summed E-state index contributed by atoms with van der Waals surface area (Å²) in [6.45, 7) is 0.326. The second-order valence-corrected chi connectivity index (χ2v) is 7.96. The van der Waals surface area contributed by atoms with Gasteiger partial charge in [0.05, 0.1) is 10.4 Å². The summed E-state index contributed by atoms with van der Waals surface area (Å²) in [5, 5.41) is 0. The largest absolute Gasteiger partial charge is 0.445 e. The molecule has 0 radical (unpaired) electrons. The van der Waals surface area contributed by atoms with Crippen LogP contribution in [0, 0.1) is 0 Å². The fraction of sp³-hybridized carbons (Fsp3) is 0.316. The van der Waals surface area contributed by atoms with Crippen molar-refractivity contribution in [3.63, 3.8) is 0 Å². The summed E-state index contributed by atoms with van der Waals surface area (Å²) in [5.41, 5.74) is 2.33. The van der Waals surface area contributed by atoms with Crippen molar-refractivity contribution < 1.29 is 9.53 Å². The molecule has 2 unspecified atom stereocenters. The molecule has 2 aliphatic rings. The molecule has 124 valence electrons. The molecule has 2 bridgehead atoms. The number of carbonyl (C=O) groups excluding carboxylic acids is 1. The smallest absolute Gasteiger partial charge is 0.410 e. The Morgan fingerprint density at radius 1 is 1.21 bits per heavy atom. The van der Waals surface area contributed by atoms with E-state index in [0.29, 0.717) is 6.61 Å². The van der Waals surface area contributed by atoms with Gasteiger partial charge in [0, 0.05) is 10.9 Å². The minimum Gasteiger partial charge on any atom is -0.445 e. The van der Waals surface area contributed by atoms with Crippen molar-refractivity contribution in [3.05, 3.63) is 63.3 Å². The number of nitrogens with zero attached hydrogens (tertiary/aromatic N) is 1. The molecule has 0 saturated carbocycles. The van der Waals surface area contributed by atoms with E-state index in [4.69, 9.17) is 16.3 Å². The van der Waals surface area contributed by atoms with Crippen LogP contribution in [0.4, 0.5) is 4.79 Å². The number of amides is 1. The van der Waals surface area contributed by atoms with Crippen molar-refractivity contribution in [2.45, 2.75) is 38.0 Å². The molecule has 1 aromatic heterocycles. The quantitative estimate of drug-likeness (QED) is 0.738. The third kappa shape index (κ3) is 3.08. The maximum atomic E-state index is 12.5. The van der Waals surface area contributed by atoms with Crippen LogP contribution < -0.4 is 0 Å². The van der Waals surface area contributed by atoms with Crippen LogP contribution >= 0.6 is 22.9 Å². The number of rotatable bonds is 3. The van der Waals surface area contributed by atoms with Crippen molar-refractivity contribution in [2.24, 2.45) is 0 Å². The molecular weight excluding hydrogens is 342 g/mol. The van der Waals surface area contributed by atoms with Gasteiger partial charge in [0.15, 0.2) is 0 Å².